The van der Waals surface area contributed by atoms with Gasteiger partial charge in [-0.25, -0.2) is 0 Å². The topological polar surface area (TPSA) is 41.9 Å². The van der Waals surface area contributed by atoms with Crippen LogP contribution in [0.5, 0.6) is 5.75 Å². The molecule has 1 saturated heterocycles. The number of benzene rings is 1. The van der Waals surface area contributed by atoms with E-state index in [0.717, 1.165) is 18.0 Å². The van der Waals surface area contributed by atoms with Gasteiger partial charge < -0.3 is 19.5 Å². The summed E-state index contributed by atoms with van der Waals surface area (Å²) in [5.41, 5.74) is 0.959. The van der Waals surface area contributed by atoms with Crippen LogP contribution < -0.4 is 9.64 Å². The second-order valence-electron chi connectivity index (χ2n) is 4.99. The highest BCUT2D eigenvalue weighted by Crippen LogP contribution is 2.29. The second kappa shape index (κ2) is 5.96. The second-order valence-corrected chi connectivity index (χ2v) is 4.99. The summed E-state index contributed by atoms with van der Waals surface area (Å²) in [4.78, 5) is 2.11. The number of anilines is 1. The molecular formula is C15H19NO3. The van der Waals surface area contributed by atoms with E-state index in [2.05, 4.69) is 10.8 Å². The first kappa shape index (κ1) is 13.7. The van der Waals surface area contributed by atoms with E-state index >= 15 is 0 Å². The van der Waals surface area contributed by atoms with Crippen molar-refractivity contribution < 1.29 is 14.6 Å². The SMILES string of the molecule is C#CCOc1ccc(N(C)CC2(CO)COC2)cc1. The lowest BCUT2D eigenvalue weighted by molar-refractivity contribution is -0.130. The van der Waals surface area contributed by atoms with Crippen LogP contribution in [0.2, 0.25) is 0 Å². The Morgan fingerprint density at radius 3 is 2.58 bits per heavy atom. The van der Waals surface area contributed by atoms with Crippen LogP contribution in [-0.4, -0.2) is 45.1 Å². The molecule has 1 fully saturated rings. The average Bonchev–Trinajstić information content (AvgIpc) is 2.41. The molecule has 1 aliphatic heterocycles. The molecule has 0 aliphatic carbocycles. The fourth-order valence-electron chi connectivity index (χ4n) is 2.14. The van der Waals surface area contributed by atoms with Crippen LogP contribution in [0.3, 0.4) is 0 Å². The largest absolute Gasteiger partial charge is 0.481 e. The van der Waals surface area contributed by atoms with Gasteiger partial charge in [-0.3, -0.25) is 0 Å². The maximum Gasteiger partial charge on any atom is 0.148 e. The maximum absolute atomic E-state index is 9.43. The zero-order valence-corrected chi connectivity index (χ0v) is 11.1. The Balaban J connectivity index is 1.95. The number of hydrogen-bond acceptors (Lipinski definition) is 4. The van der Waals surface area contributed by atoms with Gasteiger partial charge in [-0.05, 0) is 24.3 Å². The van der Waals surface area contributed by atoms with Crippen molar-refractivity contribution >= 4 is 5.69 Å². The highest BCUT2D eigenvalue weighted by molar-refractivity contribution is 5.48. The Morgan fingerprint density at radius 1 is 1.42 bits per heavy atom. The lowest BCUT2D eigenvalue weighted by Gasteiger charge is -2.42. The van der Waals surface area contributed by atoms with Gasteiger partial charge in [0.25, 0.3) is 0 Å². The van der Waals surface area contributed by atoms with Crippen molar-refractivity contribution in [1.29, 1.82) is 0 Å². The molecule has 0 saturated carbocycles. The van der Waals surface area contributed by atoms with E-state index < -0.39 is 0 Å². The molecule has 0 radical (unpaired) electrons. The van der Waals surface area contributed by atoms with E-state index in [1.54, 1.807) is 0 Å². The minimum Gasteiger partial charge on any atom is -0.481 e. The monoisotopic (exact) mass is 261 g/mol. The number of hydrogen-bond donors (Lipinski definition) is 1. The first-order chi connectivity index (χ1) is 9.19. The van der Waals surface area contributed by atoms with Gasteiger partial charge in [0.1, 0.15) is 12.4 Å². The number of ether oxygens (including phenoxy) is 2. The van der Waals surface area contributed by atoms with E-state index in [1.807, 2.05) is 31.3 Å². The Bertz CT molecular complexity index is 440. The molecule has 0 unspecified atom stereocenters. The molecule has 0 atom stereocenters. The molecule has 0 aromatic heterocycles. The molecule has 4 nitrogen and oxygen atoms in total. The summed E-state index contributed by atoms with van der Waals surface area (Å²) in [5.74, 6) is 3.20. The van der Waals surface area contributed by atoms with Crippen LogP contribution in [0, 0.1) is 17.8 Å². The number of terminal acetylenes is 1. The van der Waals surface area contributed by atoms with Crippen LogP contribution in [0.4, 0.5) is 5.69 Å². The normalized spacial score (nSPS) is 16.3. The third-order valence-corrected chi connectivity index (χ3v) is 3.32. The number of aliphatic hydroxyl groups is 1. The minimum absolute atomic E-state index is 0.118. The predicted octanol–water partition coefficient (Wildman–Crippen LogP) is 1.14. The molecule has 4 heteroatoms. The molecule has 0 spiro atoms. The summed E-state index contributed by atoms with van der Waals surface area (Å²) < 4.78 is 10.5. The molecule has 0 bridgehead atoms. The summed E-state index contributed by atoms with van der Waals surface area (Å²) in [7, 11) is 2.01. The molecule has 1 aromatic carbocycles. The van der Waals surface area contributed by atoms with Gasteiger partial charge in [0.05, 0.1) is 25.2 Å². The van der Waals surface area contributed by atoms with Crippen LogP contribution in [-0.2, 0) is 4.74 Å². The third-order valence-electron chi connectivity index (χ3n) is 3.32. The van der Waals surface area contributed by atoms with Gasteiger partial charge in [-0.15, -0.1) is 6.42 Å². The van der Waals surface area contributed by atoms with Crippen molar-refractivity contribution in [3.8, 4) is 18.1 Å². The van der Waals surface area contributed by atoms with E-state index in [0.29, 0.717) is 13.2 Å². The standard InChI is InChI=1S/C15H19NO3/c1-3-8-19-14-6-4-13(5-7-14)16(2)9-15(10-17)11-18-12-15/h1,4-7,17H,8-12H2,2H3. The molecular weight excluding hydrogens is 242 g/mol. The van der Waals surface area contributed by atoms with Crippen molar-refractivity contribution in [1.82, 2.24) is 0 Å². The molecule has 0 amide bonds. The Morgan fingerprint density at radius 2 is 2.11 bits per heavy atom. The van der Waals surface area contributed by atoms with Crippen LogP contribution in [0.25, 0.3) is 0 Å². The van der Waals surface area contributed by atoms with Crippen molar-refractivity contribution in [2.45, 2.75) is 0 Å². The molecule has 1 N–H and O–H groups in total. The maximum atomic E-state index is 9.43. The highest BCUT2D eigenvalue weighted by Gasteiger charge is 2.39. The fourth-order valence-corrected chi connectivity index (χ4v) is 2.14. The Kier molecular flexibility index (Phi) is 4.31. The average molecular weight is 261 g/mol. The molecule has 1 aliphatic rings. The Labute approximate surface area is 113 Å². The lowest BCUT2D eigenvalue weighted by Crippen LogP contribution is -2.52. The van der Waals surface area contributed by atoms with Crippen molar-refractivity contribution in [3.05, 3.63) is 24.3 Å². The van der Waals surface area contributed by atoms with Crippen molar-refractivity contribution in [2.75, 3.05) is 44.9 Å². The van der Waals surface area contributed by atoms with Gasteiger partial charge in [-0.2, -0.15) is 0 Å². The van der Waals surface area contributed by atoms with Gasteiger partial charge >= 0.3 is 0 Å². The van der Waals surface area contributed by atoms with Crippen molar-refractivity contribution in [2.24, 2.45) is 5.41 Å². The zero-order valence-electron chi connectivity index (χ0n) is 11.1. The molecule has 1 heterocycles. The number of nitrogens with zero attached hydrogens (tertiary/aromatic N) is 1. The van der Waals surface area contributed by atoms with Gasteiger partial charge in [0.15, 0.2) is 0 Å². The van der Waals surface area contributed by atoms with Crippen LogP contribution >= 0.6 is 0 Å². The van der Waals surface area contributed by atoms with Gasteiger partial charge in [0.2, 0.25) is 0 Å². The summed E-state index contributed by atoms with van der Waals surface area (Å²) in [6.07, 6.45) is 5.14. The molecule has 2 rings (SSSR count). The third kappa shape index (κ3) is 3.19. The summed E-state index contributed by atoms with van der Waals surface area (Å²) in [5, 5.41) is 9.43. The smallest absolute Gasteiger partial charge is 0.148 e. The van der Waals surface area contributed by atoms with E-state index in [-0.39, 0.29) is 18.6 Å². The van der Waals surface area contributed by atoms with E-state index in [1.165, 1.54) is 0 Å². The van der Waals surface area contributed by atoms with E-state index in [9.17, 15) is 5.11 Å². The molecule has 1 aromatic rings. The zero-order chi connectivity index (χ0) is 13.7. The number of aliphatic hydroxyl groups excluding tert-OH is 1. The quantitative estimate of drug-likeness (QED) is 0.780. The summed E-state index contributed by atoms with van der Waals surface area (Å²) in [6.45, 7) is 2.45. The first-order valence-corrected chi connectivity index (χ1v) is 6.25. The van der Waals surface area contributed by atoms with Gasteiger partial charge in [0, 0.05) is 19.3 Å². The summed E-state index contributed by atoms with van der Waals surface area (Å²) >= 11 is 0. The summed E-state index contributed by atoms with van der Waals surface area (Å²) in [6, 6.07) is 7.75. The Hall–Kier alpha value is -1.70. The fraction of sp³-hybridized carbons (Fsp3) is 0.467. The van der Waals surface area contributed by atoms with Gasteiger partial charge in [-0.1, -0.05) is 5.92 Å². The van der Waals surface area contributed by atoms with E-state index in [4.69, 9.17) is 15.9 Å². The van der Waals surface area contributed by atoms with Crippen LogP contribution in [0.15, 0.2) is 24.3 Å². The number of rotatable bonds is 6. The molecule has 19 heavy (non-hydrogen) atoms. The predicted molar refractivity (Wildman–Crippen MR) is 74.4 cm³/mol. The highest BCUT2D eigenvalue weighted by atomic mass is 16.5. The lowest BCUT2D eigenvalue weighted by atomic mass is 9.86. The first-order valence-electron chi connectivity index (χ1n) is 6.25. The van der Waals surface area contributed by atoms with Crippen LogP contribution in [0.1, 0.15) is 0 Å². The minimum atomic E-state index is -0.118. The molecule has 102 valence electrons. The van der Waals surface area contributed by atoms with Crippen molar-refractivity contribution in [3.63, 3.8) is 0 Å².